The van der Waals surface area contributed by atoms with Crippen LogP contribution in [0.15, 0.2) is 21.7 Å². The second-order valence-electron chi connectivity index (χ2n) is 1.59. The Hall–Kier alpha value is -1.65. The van der Waals surface area contributed by atoms with Gasteiger partial charge in [0.15, 0.2) is 0 Å². The Kier molecular flexibility index (Phi) is 1.00. The van der Waals surface area contributed by atoms with Crippen LogP contribution in [-0.4, -0.2) is 15.3 Å². The maximum atomic E-state index is 4.51. The molecule has 49 valence electrons. The summed E-state index contributed by atoms with van der Waals surface area (Å²) in [7, 11) is 0. The van der Waals surface area contributed by atoms with Crippen molar-refractivity contribution >= 4 is 0 Å². The molecule has 0 saturated heterocycles. The van der Waals surface area contributed by atoms with E-state index in [9.17, 15) is 0 Å². The van der Waals surface area contributed by atoms with Crippen molar-refractivity contribution in [2.45, 2.75) is 0 Å². The summed E-state index contributed by atoms with van der Waals surface area (Å²) in [5.41, 5.74) is 0.591. The lowest BCUT2D eigenvalue weighted by molar-refractivity contribution is 0.416. The van der Waals surface area contributed by atoms with E-state index in [4.69, 9.17) is 0 Å². The van der Waals surface area contributed by atoms with Crippen LogP contribution in [0.4, 0.5) is 0 Å². The largest absolute Gasteiger partial charge is 0.363 e. The highest BCUT2D eigenvalue weighted by atomic mass is 16.5. The number of rotatable bonds is 1. The molecule has 0 aliphatic rings. The molecule has 5 nitrogen and oxygen atoms in total. The highest BCUT2D eigenvalue weighted by Gasteiger charge is 2.03. The summed E-state index contributed by atoms with van der Waals surface area (Å²) in [6.07, 6.45) is 5.16. The van der Waals surface area contributed by atoms with Crippen molar-refractivity contribution in [1.82, 2.24) is 15.3 Å². The SMILES string of the molecule is [c]1nocc1-c1ncon1. The van der Waals surface area contributed by atoms with E-state index in [1.165, 1.54) is 12.7 Å². The minimum atomic E-state index is 0.432. The zero-order valence-corrected chi connectivity index (χ0v) is 4.81. The third-order valence-electron chi connectivity index (χ3n) is 0.992. The molecule has 2 aromatic rings. The molecule has 1 radical (unpaired) electrons. The lowest BCUT2D eigenvalue weighted by Gasteiger charge is -1.76. The van der Waals surface area contributed by atoms with Gasteiger partial charge in [0, 0.05) is 0 Å². The van der Waals surface area contributed by atoms with Crippen LogP contribution in [0, 0.1) is 6.20 Å². The Morgan fingerprint density at radius 1 is 1.40 bits per heavy atom. The lowest BCUT2D eigenvalue weighted by Crippen LogP contribution is -1.74. The first kappa shape index (κ1) is 5.16. The van der Waals surface area contributed by atoms with E-state index in [0.717, 1.165) is 0 Å². The van der Waals surface area contributed by atoms with Gasteiger partial charge in [-0.1, -0.05) is 10.3 Å². The molecular formula is C5H2N3O2. The Balaban J connectivity index is 2.48. The van der Waals surface area contributed by atoms with E-state index in [2.05, 4.69) is 30.5 Å². The zero-order chi connectivity index (χ0) is 6.81. The third-order valence-corrected chi connectivity index (χ3v) is 0.992. The molecule has 0 spiro atoms. The average Bonchev–Trinajstić information content (AvgIpc) is 2.59. The monoisotopic (exact) mass is 136 g/mol. The molecular weight excluding hydrogens is 134 g/mol. The fourth-order valence-corrected chi connectivity index (χ4v) is 0.573. The predicted molar refractivity (Wildman–Crippen MR) is 28.6 cm³/mol. The molecule has 0 aromatic carbocycles. The average molecular weight is 136 g/mol. The first-order chi connectivity index (χ1) is 4.97. The van der Waals surface area contributed by atoms with Gasteiger partial charge in [0.25, 0.3) is 0 Å². The van der Waals surface area contributed by atoms with Crippen molar-refractivity contribution in [1.29, 1.82) is 0 Å². The normalized spacial score (nSPS) is 10.0. The highest BCUT2D eigenvalue weighted by Crippen LogP contribution is 2.10. The predicted octanol–water partition coefficient (Wildman–Crippen LogP) is 0.525. The maximum absolute atomic E-state index is 4.51. The minimum Gasteiger partial charge on any atom is -0.363 e. The third kappa shape index (κ3) is 0.680. The van der Waals surface area contributed by atoms with Gasteiger partial charge >= 0.3 is 0 Å². The molecule has 0 atom stereocenters. The zero-order valence-electron chi connectivity index (χ0n) is 4.81. The van der Waals surface area contributed by atoms with Crippen LogP contribution >= 0.6 is 0 Å². The van der Waals surface area contributed by atoms with Crippen molar-refractivity contribution in [2.24, 2.45) is 0 Å². The fraction of sp³-hybridized carbons (Fsp3) is 0. The van der Waals surface area contributed by atoms with Crippen LogP contribution < -0.4 is 0 Å². The van der Waals surface area contributed by atoms with Gasteiger partial charge in [-0.2, -0.15) is 4.98 Å². The summed E-state index contributed by atoms with van der Waals surface area (Å²) in [5.74, 6) is 0.432. The number of aromatic nitrogens is 3. The second kappa shape index (κ2) is 1.94. The molecule has 10 heavy (non-hydrogen) atoms. The summed E-state index contributed by atoms with van der Waals surface area (Å²) in [5, 5.41) is 6.90. The van der Waals surface area contributed by atoms with E-state index < -0.39 is 0 Å². The van der Waals surface area contributed by atoms with Gasteiger partial charge in [-0.25, -0.2) is 0 Å². The molecule has 0 unspecified atom stereocenters. The Morgan fingerprint density at radius 3 is 3.00 bits per heavy atom. The molecule has 0 N–H and O–H groups in total. The molecule has 0 bridgehead atoms. The summed E-state index contributed by atoms with van der Waals surface area (Å²) in [4.78, 5) is 3.75. The van der Waals surface area contributed by atoms with Gasteiger partial charge in [-0.15, -0.1) is 0 Å². The van der Waals surface area contributed by atoms with Crippen LogP contribution in [0.1, 0.15) is 0 Å². The van der Waals surface area contributed by atoms with Gasteiger partial charge in [0.2, 0.25) is 12.2 Å². The van der Waals surface area contributed by atoms with E-state index in [-0.39, 0.29) is 0 Å². The van der Waals surface area contributed by atoms with Crippen LogP contribution in [0.3, 0.4) is 0 Å². The number of hydrogen-bond donors (Lipinski definition) is 0. The van der Waals surface area contributed by atoms with Crippen molar-refractivity contribution in [3.05, 3.63) is 18.9 Å². The van der Waals surface area contributed by atoms with Crippen LogP contribution in [0.5, 0.6) is 0 Å². The number of nitrogens with zero attached hydrogens (tertiary/aromatic N) is 3. The van der Waals surface area contributed by atoms with E-state index >= 15 is 0 Å². The summed E-state index contributed by atoms with van der Waals surface area (Å²) in [6.45, 7) is 0. The topological polar surface area (TPSA) is 65.0 Å². The molecule has 0 amide bonds. The maximum Gasteiger partial charge on any atom is 0.214 e. The Bertz CT molecular complexity index is 254. The summed E-state index contributed by atoms with van der Waals surface area (Å²) in [6, 6.07) is 0. The molecule has 0 aliphatic carbocycles. The Morgan fingerprint density at radius 2 is 2.40 bits per heavy atom. The molecule has 2 rings (SSSR count). The fourth-order valence-electron chi connectivity index (χ4n) is 0.573. The van der Waals surface area contributed by atoms with Crippen molar-refractivity contribution < 1.29 is 9.05 Å². The van der Waals surface area contributed by atoms with Gasteiger partial charge in [0.1, 0.15) is 12.5 Å². The first-order valence-corrected chi connectivity index (χ1v) is 2.55. The second-order valence-corrected chi connectivity index (χ2v) is 1.59. The first-order valence-electron chi connectivity index (χ1n) is 2.55. The van der Waals surface area contributed by atoms with Crippen LogP contribution in [0.25, 0.3) is 11.4 Å². The van der Waals surface area contributed by atoms with Gasteiger partial charge in [-0.3, -0.25) is 0 Å². The lowest BCUT2D eigenvalue weighted by atomic mass is 10.4. The summed E-state index contributed by atoms with van der Waals surface area (Å²) >= 11 is 0. The minimum absolute atomic E-state index is 0.432. The molecule has 5 heteroatoms. The molecule has 2 aromatic heterocycles. The standard InChI is InChI=1S/C5H2N3O2/c1-4(2-9-7-1)5-6-3-10-8-5/h2-3H. The molecule has 0 fully saturated rings. The van der Waals surface area contributed by atoms with E-state index in [1.807, 2.05) is 0 Å². The molecule has 0 aliphatic heterocycles. The van der Waals surface area contributed by atoms with E-state index in [1.54, 1.807) is 0 Å². The summed E-state index contributed by atoms with van der Waals surface area (Å²) < 4.78 is 9.00. The van der Waals surface area contributed by atoms with Crippen LogP contribution in [0.2, 0.25) is 0 Å². The van der Waals surface area contributed by atoms with Gasteiger partial charge in [0.05, 0.1) is 5.56 Å². The van der Waals surface area contributed by atoms with Crippen LogP contribution in [-0.2, 0) is 0 Å². The van der Waals surface area contributed by atoms with Gasteiger partial charge in [-0.05, 0) is 0 Å². The van der Waals surface area contributed by atoms with Gasteiger partial charge < -0.3 is 9.05 Å². The number of hydrogen-bond acceptors (Lipinski definition) is 5. The Labute approximate surface area is 55.6 Å². The smallest absolute Gasteiger partial charge is 0.214 e. The quantitative estimate of drug-likeness (QED) is 0.571. The van der Waals surface area contributed by atoms with E-state index in [0.29, 0.717) is 11.4 Å². The van der Waals surface area contributed by atoms with Crippen molar-refractivity contribution in [3.63, 3.8) is 0 Å². The molecule has 2 heterocycles. The highest BCUT2D eigenvalue weighted by molar-refractivity contribution is 5.48. The van der Waals surface area contributed by atoms with Crippen molar-refractivity contribution in [3.8, 4) is 11.4 Å². The molecule has 0 saturated carbocycles. The van der Waals surface area contributed by atoms with Crippen molar-refractivity contribution in [2.75, 3.05) is 0 Å².